The summed E-state index contributed by atoms with van der Waals surface area (Å²) in [4.78, 5) is 2.45. The van der Waals surface area contributed by atoms with Gasteiger partial charge in [0.2, 0.25) is 0 Å². The first-order valence-corrected chi connectivity index (χ1v) is 10.1. The number of ether oxygens (including phenoxy) is 1. The van der Waals surface area contributed by atoms with E-state index in [0.717, 1.165) is 38.4 Å². The van der Waals surface area contributed by atoms with Crippen molar-refractivity contribution in [3.63, 3.8) is 0 Å². The maximum Gasteiger partial charge on any atom is 0.122 e. The fourth-order valence-corrected chi connectivity index (χ4v) is 3.66. The van der Waals surface area contributed by atoms with Crippen molar-refractivity contribution in [3.8, 4) is 16.9 Å². The van der Waals surface area contributed by atoms with Gasteiger partial charge in [-0.15, -0.1) is 0 Å². The summed E-state index contributed by atoms with van der Waals surface area (Å²) >= 11 is 0. The van der Waals surface area contributed by atoms with Gasteiger partial charge < -0.3 is 4.74 Å². The van der Waals surface area contributed by atoms with E-state index in [2.05, 4.69) is 96.8 Å². The molecule has 0 aliphatic carbocycles. The minimum Gasteiger partial charge on any atom is -0.493 e. The van der Waals surface area contributed by atoms with E-state index in [-0.39, 0.29) is 0 Å². The summed E-state index contributed by atoms with van der Waals surface area (Å²) in [5.74, 6) is 1.06. The van der Waals surface area contributed by atoms with Crippen LogP contribution in [-0.4, -0.2) is 24.6 Å². The predicted octanol–water partition coefficient (Wildman–Crippen LogP) is 5.82. The maximum atomic E-state index is 5.61. The van der Waals surface area contributed by atoms with Gasteiger partial charge in [0.25, 0.3) is 0 Å². The molecule has 0 unspecified atom stereocenters. The Hall–Kier alpha value is -2.84. The Balaban J connectivity index is 1.35. The summed E-state index contributed by atoms with van der Waals surface area (Å²) in [5.41, 5.74) is 6.48. The van der Waals surface area contributed by atoms with Crippen molar-refractivity contribution < 1.29 is 4.74 Å². The normalized spacial score (nSPS) is 13.1. The average Bonchev–Trinajstić information content (AvgIpc) is 3.22. The second kappa shape index (κ2) is 8.90. The van der Waals surface area contributed by atoms with Crippen molar-refractivity contribution in [1.82, 2.24) is 4.90 Å². The van der Waals surface area contributed by atoms with Crippen LogP contribution in [0.5, 0.6) is 5.75 Å². The minimum absolute atomic E-state index is 0.822. The van der Waals surface area contributed by atoms with Crippen LogP contribution < -0.4 is 4.74 Å². The van der Waals surface area contributed by atoms with E-state index >= 15 is 0 Å². The molecule has 142 valence electrons. The fraction of sp³-hybridized carbons (Fsp3) is 0.231. The van der Waals surface area contributed by atoms with E-state index in [4.69, 9.17) is 4.74 Å². The van der Waals surface area contributed by atoms with E-state index in [1.54, 1.807) is 0 Å². The Labute approximate surface area is 168 Å². The molecule has 0 N–H and O–H groups in total. The van der Waals surface area contributed by atoms with Gasteiger partial charge in [0.1, 0.15) is 5.75 Å². The highest BCUT2D eigenvalue weighted by Gasteiger charge is 2.12. The molecule has 4 rings (SSSR count). The highest BCUT2D eigenvalue weighted by molar-refractivity contribution is 5.65. The van der Waals surface area contributed by atoms with E-state index < -0.39 is 0 Å². The van der Waals surface area contributed by atoms with Crippen molar-refractivity contribution in [2.45, 2.75) is 19.9 Å². The number of likely N-dealkylation sites (N-methyl/N-ethyl adjacent to an activating group) is 1. The zero-order chi connectivity index (χ0) is 19.2. The van der Waals surface area contributed by atoms with Gasteiger partial charge in [0.15, 0.2) is 0 Å². The lowest BCUT2D eigenvalue weighted by Crippen LogP contribution is -2.22. The van der Waals surface area contributed by atoms with Crippen molar-refractivity contribution in [2.24, 2.45) is 0 Å². The van der Waals surface area contributed by atoms with Crippen molar-refractivity contribution >= 4 is 6.08 Å². The number of fused-ring (bicyclic) bond motifs is 1. The first-order chi connectivity index (χ1) is 13.8. The number of nitrogens with zero attached hydrogens (tertiary/aromatic N) is 1. The molecule has 3 aromatic carbocycles. The van der Waals surface area contributed by atoms with Crippen molar-refractivity contribution in [3.05, 3.63) is 95.6 Å². The Morgan fingerprint density at radius 2 is 1.71 bits per heavy atom. The maximum absolute atomic E-state index is 5.61. The van der Waals surface area contributed by atoms with Crippen LogP contribution in [0.25, 0.3) is 17.2 Å². The minimum atomic E-state index is 0.822. The Kier molecular flexibility index (Phi) is 5.89. The average molecular weight is 370 g/mol. The van der Waals surface area contributed by atoms with Crippen LogP contribution in [0.2, 0.25) is 0 Å². The number of hydrogen-bond acceptors (Lipinski definition) is 2. The largest absolute Gasteiger partial charge is 0.493 e. The zero-order valence-corrected chi connectivity index (χ0v) is 16.5. The molecule has 0 bridgehead atoms. The van der Waals surface area contributed by atoms with Crippen LogP contribution in [0, 0.1) is 0 Å². The fourth-order valence-electron chi connectivity index (χ4n) is 3.66. The Morgan fingerprint density at radius 3 is 2.50 bits per heavy atom. The third kappa shape index (κ3) is 4.52. The molecule has 0 amide bonds. The summed E-state index contributed by atoms with van der Waals surface area (Å²) in [6, 6.07) is 25.9. The second-order valence-electron chi connectivity index (χ2n) is 7.26. The van der Waals surface area contributed by atoms with Crippen LogP contribution >= 0.6 is 0 Å². The molecule has 0 spiro atoms. The highest BCUT2D eigenvalue weighted by Crippen LogP contribution is 2.26. The molecular weight excluding hydrogens is 342 g/mol. The smallest absolute Gasteiger partial charge is 0.122 e. The summed E-state index contributed by atoms with van der Waals surface area (Å²) in [6.45, 7) is 6.00. The molecular formula is C26H27NO. The molecule has 0 saturated carbocycles. The molecule has 2 heteroatoms. The molecule has 0 aromatic heterocycles. The Bertz CT molecular complexity index is 928. The monoisotopic (exact) mass is 369 g/mol. The van der Waals surface area contributed by atoms with Gasteiger partial charge >= 0.3 is 0 Å². The second-order valence-corrected chi connectivity index (χ2v) is 7.26. The van der Waals surface area contributed by atoms with E-state index in [9.17, 15) is 0 Å². The number of benzene rings is 3. The van der Waals surface area contributed by atoms with Crippen molar-refractivity contribution in [1.29, 1.82) is 0 Å². The lowest BCUT2D eigenvalue weighted by molar-refractivity contribution is 0.311. The lowest BCUT2D eigenvalue weighted by atomic mass is 10.0. The van der Waals surface area contributed by atoms with Gasteiger partial charge in [0, 0.05) is 19.5 Å². The van der Waals surface area contributed by atoms with Crippen LogP contribution in [0.1, 0.15) is 23.6 Å². The molecule has 3 aromatic rings. The molecule has 0 atom stereocenters. The quantitative estimate of drug-likeness (QED) is 0.520. The van der Waals surface area contributed by atoms with Crippen LogP contribution in [0.3, 0.4) is 0 Å². The van der Waals surface area contributed by atoms with Gasteiger partial charge in [-0.1, -0.05) is 85.8 Å². The lowest BCUT2D eigenvalue weighted by Gasteiger charge is -2.19. The zero-order valence-electron chi connectivity index (χ0n) is 16.5. The molecule has 1 aliphatic heterocycles. The first kappa shape index (κ1) is 18.5. The van der Waals surface area contributed by atoms with Gasteiger partial charge in [-0.3, -0.25) is 4.90 Å². The summed E-state index contributed by atoms with van der Waals surface area (Å²) in [5, 5.41) is 0. The number of rotatable bonds is 7. The molecule has 0 radical (unpaired) electrons. The van der Waals surface area contributed by atoms with Crippen LogP contribution in [-0.2, 0) is 13.0 Å². The topological polar surface area (TPSA) is 12.5 Å². The van der Waals surface area contributed by atoms with Crippen molar-refractivity contribution in [2.75, 3.05) is 19.7 Å². The first-order valence-electron chi connectivity index (χ1n) is 10.1. The summed E-state index contributed by atoms with van der Waals surface area (Å²) < 4.78 is 5.61. The molecule has 0 fully saturated rings. The van der Waals surface area contributed by atoms with Gasteiger partial charge in [-0.05, 0) is 40.4 Å². The molecule has 0 saturated heterocycles. The predicted molar refractivity (Wildman–Crippen MR) is 118 cm³/mol. The van der Waals surface area contributed by atoms with Gasteiger partial charge in [-0.2, -0.15) is 0 Å². The Morgan fingerprint density at radius 1 is 0.929 bits per heavy atom. The van der Waals surface area contributed by atoms with E-state index in [1.165, 1.54) is 27.8 Å². The van der Waals surface area contributed by atoms with Gasteiger partial charge in [-0.25, -0.2) is 0 Å². The molecule has 1 aliphatic rings. The highest BCUT2D eigenvalue weighted by atomic mass is 16.5. The third-order valence-corrected chi connectivity index (χ3v) is 5.30. The molecule has 1 heterocycles. The standard InChI is InChI=1S/C26H27NO/c1-2-27(20-22-12-15-26-25(19-22)16-18-28-26)17-6-7-21-10-13-24(14-11-21)23-8-4-3-5-9-23/h3-15,19H,2,16-18,20H2,1H3. The van der Waals surface area contributed by atoms with Crippen LogP contribution in [0.15, 0.2) is 78.9 Å². The van der Waals surface area contributed by atoms with Gasteiger partial charge in [0.05, 0.1) is 6.61 Å². The third-order valence-electron chi connectivity index (χ3n) is 5.30. The summed E-state index contributed by atoms with van der Waals surface area (Å²) in [6.07, 6.45) is 5.51. The summed E-state index contributed by atoms with van der Waals surface area (Å²) in [7, 11) is 0. The van der Waals surface area contributed by atoms with E-state index in [0.29, 0.717) is 0 Å². The SMILES string of the molecule is CCN(CC=Cc1ccc(-c2ccccc2)cc1)Cc1ccc2c(c1)CCO2. The molecule has 28 heavy (non-hydrogen) atoms. The van der Waals surface area contributed by atoms with Crippen LogP contribution in [0.4, 0.5) is 0 Å². The number of hydrogen-bond donors (Lipinski definition) is 0. The van der Waals surface area contributed by atoms with E-state index in [1.807, 2.05) is 0 Å². The molecule has 2 nitrogen and oxygen atoms in total.